The SMILES string of the molecule is C[C@@H](Oc1cc(Br)cnc1N)C1=C(C(=O)N(C)Cc2cc(C#N)n(C)n2)C=CC(F)C1. The van der Waals surface area contributed by atoms with Crippen molar-refractivity contribution in [1.82, 2.24) is 19.7 Å². The molecule has 8 nitrogen and oxygen atoms in total. The fourth-order valence-electron chi connectivity index (χ4n) is 3.31. The number of halogens is 2. The Balaban J connectivity index is 1.84. The maximum Gasteiger partial charge on any atom is 0.254 e. The van der Waals surface area contributed by atoms with Crippen LogP contribution in [0.5, 0.6) is 5.75 Å². The van der Waals surface area contributed by atoms with E-state index in [1.807, 2.05) is 6.07 Å². The number of pyridine rings is 1. The summed E-state index contributed by atoms with van der Waals surface area (Å²) in [7, 11) is 3.29. The van der Waals surface area contributed by atoms with Gasteiger partial charge in [0.2, 0.25) is 0 Å². The molecule has 0 radical (unpaired) electrons. The topological polar surface area (TPSA) is 110 Å². The summed E-state index contributed by atoms with van der Waals surface area (Å²) in [6.07, 6.45) is 2.62. The second kappa shape index (κ2) is 9.31. The van der Waals surface area contributed by atoms with Gasteiger partial charge in [-0.05, 0) is 46.6 Å². The molecule has 10 heteroatoms. The summed E-state index contributed by atoms with van der Waals surface area (Å²) in [5.41, 5.74) is 7.76. The predicted molar refractivity (Wildman–Crippen MR) is 117 cm³/mol. The van der Waals surface area contributed by atoms with Gasteiger partial charge in [-0.3, -0.25) is 9.48 Å². The molecule has 0 saturated heterocycles. The van der Waals surface area contributed by atoms with Crippen LogP contribution in [-0.2, 0) is 18.4 Å². The first-order valence-corrected chi connectivity index (χ1v) is 10.3. The summed E-state index contributed by atoms with van der Waals surface area (Å²) < 4.78 is 22.2. The zero-order chi connectivity index (χ0) is 22.7. The lowest BCUT2D eigenvalue weighted by Crippen LogP contribution is -2.32. The van der Waals surface area contributed by atoms with Crippen LogP contribution in [0.3, 0.4) is 0 Å². The van der Waals surface area contributed by atoms with Gasteiger partial charge in [0.1, 0.15) is 24.0 Å². The number of carbonyl (C=O) groups excluding carboxylic acids is 1. The van der Waals surface area contributed by atoms with Crippen LogP contribution in [0.2, 0.25) is 0 Å². The molecule has 0 saturated carbocycles. The second-order valence-corrected chi connectivity index (χ2v) is 8.15. The van der Waals surface area contributed by atoms with E-state index >= 15 is 0 Å². The molecule has 0 bridgehead atoms. The highest BCUT2D eigenvalue weighted by atomic mass is 79.9. The average molecular weight is 489 g/mol. The Morgan fingerprint density at radius 2 is 2.29 bits per heavy atom. The summed E-state index contributed by atoms with van der Waals surface area (Å²) in [5.74, 6) is 0.252. The number of amides is 1. The molecule has 2 aromatic heterocycles. The zero-order valence-electron chi connectivity index (χ0n) is 17.3. The maximum absolute atomic E-state index is 14.2. The van der Waals surface area contributed by atoms with Gasteiger partial charge >= 0.3 is 0 Å². The van der Waals surface area contributed by atoms with Crippen molar-refractivity contribution in [2.24, 2.45) is 7.05 Å². The Kier molecular flexibility index (Phi) is 6.75. The lowest BCUT2D eigenvalue weighted by molar-refractivity contribution is -0.126. The van der Waals surface area contributed by atoms with Gasteiger partial charge < -0.3 is 15.4 Å². The molecule has 0 aliphatic heterocycles. The largest absolute Gasteiger partial charge is 0.482 e. The van der Waals surface area contributed by atoms with Crippen LogP contribution in [-0.4, -0.2) is 44.9 Å². The summed E-state index contributed by atoms with van der Waals surface area (Å²) in [4.78, 5) is 18.7. The van der Waals surface area contributed by atoms with Crippen LogP contribution in [0.4, 0.5) is 10.2 Å². The summed E-state index contributed by atoms with van der Waals surface area (Å²) >= 11 is 3.32. The third kappa shape index (κ3) is 5.11. The van der Waals surface area contributed by atoms with E-state index in [0.29, 0.717) is 32.8 Å². The number of hydrogen-bond acceptors (Lipinski definition) is 6. The van der Waals surface area contributed by atoms with E-state index in [1.165, 1.54) is 21.7 Å². The molecule has 1 unspecified atom stereocenters. The van der Waals surface area contributed by atoms with Gasteiger partial charge in [0.25, 0.3) is 5.91 Å². The number of rotatable bonds is 6. The third-order valence-electron chi connectivity index (χ3n) is 4.90. The number of anilines is 1. The minimum atomic E-state index is -1.21. The Hall–Kier alpha value is -3.19. The monoisotopic (exact) mass is 488 g/mol. The molecule has 162 valence electrons. The Bertz CT molecular complexity index is 1100. The molecular formula is C21H22BrFN6O2. The van der Waals surface area contributed by atoms with E-state index in [-0.39, 0.29) is 24.7 Å². The number of allylic oxidation sites excluding steroid dienone is 1. The Morgan fingerprint density at radius 3 is 2.97 bits per heavy atom. The first kappa shape index (κ1) is 22.5. The number of carbonyl (C=O) groups is 1. The smallest absolute Gasteiger partial charge is 0.254 e. The molecule has 31 heavy (non-hydrogen) atoms. The molecule has 2 N–H and O–H groups in total. The van der Waals surface area contributed by atoms with Crippen LogP contribution in [0, 0.1) is 11.3 Å². The molecule has 0 spiro atoms. The fourth-order valence-corrected chi connectivity index (χ4v) is 3.62. The van der Waals surface area contributed by atoms with Crippen LogP contribution >= 0.6 is 15.9 Å². The van der Waals surface area contributed by atoms with Gasteiger partial charge in [0.15, 0.2) is 11.6 Å². The van der Waals surface area contributed by atoms with Crippen molar-refractivity contribution in [1.29, 1.82) is 5.26 Å². The lowest BCUT2D eigenvalue weighted by atomic mass is 9.92. The molecule has 0 fully saturated rings. The van der Waals surface area contributed by atoms with E-state index < -0.39 is 12.3 Å². The van der Waals surface area contributed by atoms with E-state index in [9.17, 15) is 9.18 Å². The standard InChI is InChI=1S/C21H22BrFN6O2/c1-12(31-19-6-13(22)10-26-20(19)25)18-7-14(23)4-5-17(18)21(30)28(2)11-15-8-16(9-24)29(3)27-15/h4-6,8,10,12,14H,7,11H2,1-3H3,(H2,25,26)/t12-,14?/m1/s1. The van der Waals surface area contributed by atoms with E-state index in [0.717, 1.165) is 0 Å². The number of alkyl halides is 1. The van der Waals surface area contributed by atoms with E-state index in [1.54, 1.807) is 39.3 Å². The first-order valence-electron chi connectivity index (χ1n) is 9.51. The van der Waals surface area contributed by atoms with Crippen molar-refractivity contribution in [3.05, 3.63) is 57.5 Å². The van der Waals surface area contributed by atoms with E-state index in [4.69, 9.17) is 15.7 Å². The number of nitrogen functional groups attached to an aromatic ring is 1. The maximum atomic E-state index is 14.2. The van der Waals surface area contributed by atoms with Crippen molar-refractivity contribution in [3.8, 4) is 11.8 Å². The van der Waals surface area contributed by atoms with Gasteiger partial charge in [0.05, 0.1) is 12.2 Å². The molecule has 1 amide bonds. The molecule has 2 heterocycles. The molecule has 3 rings (SSSR count). The molecule has 1 aliphatic carbocycles. The molecule has 2 aromatic rings. The first-order chi connectivity index (χ1) is 14.7. The molecule has 2 atom stereocenters. The van der Waals surface area contributed by atoms with Gasteiger partial charge in [0, 0.05) is 36.8 Å². The minimum Gasteiger partial charge on any atom is -0.482 e. The average Bonchev–Trinajstić information content (AvgIpc) is 3.09. The van der Waals surface area contributed by atoms with Crippen LogP contribution in [0.15, 0.2) is 46.1 Å². The number of ether oxygens (including phenoxy) is 1. The van der Waals surface area contributed by atoms with Gasteiger partial charge in [-0.15, -0.1) is 0 Å². The number of nitriles is 1. The van der Waals surface area contributed by atoms with Crippen molar-refractivity contribution < 1.29 is 13.9 Å². The number of nitrogens with two attached hydrogens (primary N) is 1. The van der Waals surface area contributed by atoms with Gasteiger partial charge in [-0.1, -0.05) is 6.08 Å². The van der Waals surface area contributed by atoms with Gasteiger partial charge in [-0.25, -0.2) is 9.37 Å². The minimum absolute atomic E-state index is 0.0378. The Morgan fingerprint density at radius 1 is 1.55 bits per heavy atom. The summed E-state index contributed by atoms with van der Waals surface area (Å²) in [6.45, 7) is 1.95. The van der Waals surface area contributed by atoms with E-state index in [2.05, 4.69) is 26.0 Å². The highest BCUT2D eigenvalue weighted by Gasteiger charge is 2.28. The van der Waals surface area contributed by atoms with Crippen LogP contribution in [0.25, 0.3) is 0 Å². The van der Waals surface area contributed by atoms with Crippen LogP contribution in [0.1, 0.15) is 24.7 Å². The van der Waals surface area contributed by atoms with Crippen LogP contribution < -0.4 is 10.5 Å². The van der Waals surface area contributed by atoms with Gasteiger partial charge in [-0.2, -0.15) is 10.4 Å². The quantitative estimate of drug-likeness (QED) is 0.668. The predicted octanol–water partition coefficient (Wildman–Crippen LogP) is 3.05. The highest BCUT2D eigenvalue weighted by molar-refractivity contribution is 9.10. The molecule has 1 aliphatic rings. The second-order valence-electron chi connectivity index (χ2n) is 7.23. The zero-order valence-corrected chi connectivity index (χ0v) is 18.9. The highest BCUT2D eigenvalue weighted by Crippen LogP contribution is 2.31. The van der Waals surface area contributed by atoms with Crippen molar-refractivity contribution >= 4 is 27.7 Å². The number of aryl methyl sites for hydroxylation is 1. The number of aromatic nitrogens is 3. The number of hydrogen-bond donors (Lipinski definition) is 1. The summed E-state index contributed by atoms with van der Waals surface area (Å²) in [6, 6.07) is 5.34. The molecular weight excluding hydrogens is 467 g/mol. The number of nitrogens with zero attached hydrogens (tertiary/aromatic N) is 5. The lowest BCUT2D eigenvalue weighted by Gasteiger charge is -2.26. The fraction of sp³-hybridized carbons (Fsp3) is 0.333. The van der Waals surface area contributed by atoms with Crippen molar-refractivity contribution in [3.63, 3.8) is 0 Å². The Labute approximate surface area is 187 Å². The number of likely N-dealkylation sites (N-methyl/N-ethyl adjacent to an activating group) is 1. The molecule has 0 aromatic carbocycles. The third-order valence-corrected chi connectivity index (χ3v) is 5.33. The normalized spacial score (nSPS) is 16.7. The summed E-state index contributed by atoms with van der Waals surface area (Å²) in [5, 5.41) is 13.3. The van der Waals surface area contributed by atoms with Crippen molar-refractivity contribution in [2.45, 2.75) is 32.2 Å². The van der Waals surface area contributed by atoms with Crippen molar-refractivity contribution in [2.75, 3.05) is 12.8 Å².